The SMILES string of the molecule is COc1ccc(-c2cccc3[cH-]c(C4CCCC4)cc23)cc1.COc1ccc(-c2cccc3[cH-]c(C4CCCC4)cc23)cc1.[CH2-]C[CH2-].[Cl-].[Cl-].[Hf]. The molecule has 6 aromatic rings. The van der Waals surface area contributed by atoms with E-state index in [1.165, 1.54) is 106 Å². The van der Waals surface area contributed by atoms with Crippen LogP contribution in [0.5, 0.6) is 11.5 Å². The van der Waals surface area contributed by atoms with E-state index in [-0.39, 0.29) is 50.7 Å². The van der Waals surface area contributed by atoms with Gasteiger partial charge in [-0.1, -0.05) is 73.2 Å². The molecule has 2 aliphatic carbocycles. The zero-order chi connectivity index (χ0) is 32.6. The number of rotatable bonds is 6. The topological polar surface area (TPSA) is 18.5 Å². The minimum Gasteiger partial charge on any atom is -1.00 e. The maximum Gasteiger partial charge on any atom is 0.118 e. The van der Waals surface area contributed by atoms with E-state index in [1.54, 1.807) is 14.2 Å². The summed E-state index contributed by atoms with van der Waals surface area (Å²) in [7, 11) is 3.42. The first-order valence-corrected chi connectivity index (χ1v) is 17.4. The standard InChI is InChI=1S/2C21H21O.C3H6.2ClH.Hf/c2*1-22-19-11-9-16(10-12-19)20-8-4-7-17-13-18(14-21(17)20)15-5-2-3-6-15;1-3-2;;;/h2*4,7-15H,2-3,5-6H2,1H3;1-3H2;2*1H;/q2*-1;-2;;;/p-2. The van der Waals surface area contributed by atoms with Crippen LogP contribution in [0.15, 0.2) is 109 Å². The Bertz CT molecular complexity index is 1720. The van der Waals surface area contributed by atoms with Gasteiger partial charge in [-0.05, 0) is 72.9 Å². The van der Waals surface area contributed by atoms with Crippen LogP contribution in [-0.4, -0.2) is 14.2 Å². The van der Waals surface area contributed by atoms with Gasteiger partial charge in [0.1, 0.15) is 11.5 Å². The van der Waals surface area contributed by atoms with Crippen LogP contribution in [0.3, 0.4) is 0 Å². The van der Waals surface area contributed by atoms with Crippen LogP contribution in [-0.2, 0) is 25.8 Å². The van der Waals surface area contributed by atoms with E-state index < -0.39 is 0 Å². The van der Waals surface area contributed by atoms with Crippen LogP contribution < -0.4 is 34.3 Å². The van der Waals surface area contributed by atoms with Crippen molar-refractivity contribution in [3.8, 4) is 33.8 Å². The van der Waals surface area contributed by atoms with Crippen LogP contribution in [0.1, 0.15) is 80.8 Å². The quantitative estimate of drug-likeness (QED) is 0.135. The molecule has 2 aliphatic rings. The molecule has 5 heteroatoms. The van der Waals surface area contributed by atoms with Gasteiger partial charge < -0.3 is 54.6 Å². The average molecular weight is 870 g/mol. The molecule has 0 saturated heterocycles. The fourth-order valence-corrected chi connectivity index (χ4v) is 7.55. The minimum absolute atomic E-state index is 0. The van der Waals surface area contributed by atoms with Crippen molar-refractivity contribution in [3.63, 3.8) is 0 Å². The van der Waals surface area contributed by atoms with Crippen molar-refractivity contribution in [1.82, 2.24) is 0 Å². The number of hydrogen-bond acceptors (Lipinski definition) is 2. The van der Waals surface area contributed by atoms with E-state index in [9.17, 15) is 0 Å². The van der Waals surface area contributed by atoms with Crippen LogP contribution in [0.2, 0.25) is 0 Å². The average Bonchev–Trinajstić information content (AvgIpc) is 3.95. The summed E-state index contributed by atoms with van der Waals surface area (Å²) in [4.78, 5) is 0. The number of benzene rings is 4. The molecular formula is C45H48Cl2HfO2-6. The molecule has 6 aromatic carbocycles. The molecule has 0 N–H and O–H groups in total. The van der Waals surface area contributed by atoms with Gasteiger partial charge in [0.25, 0.3) is 0 Å². The summed E-state index contributed by atoms with van der Waals surface area (Å²) in [5.74, 6) is 3.36. The molecule has 0 heterocycles. The van der Waals surface area contributed by atoms with Crippen LogP contribution in [0.4, 0.5) is 0 Å². The van der Waals surface area contributed by atoms with Gasteiger partial charge in [0.2, 0.25) is 0 Å². The van der Waals surface area contributed by atoms with Crippen LogP contribution >= 0.6 is 0 Å². The molecule has 0 atom stereocenters. The second kappa shape index (κ2) is 20.3. The summed E-state index contributed by atoms with van der Waals surface area (Å²) in [6.45, 7) is 6.75. The molecular weight excluding hydrogens is 822 g/mol. The molecule has 2 saturated carbocycles. The Balaban J connectivity index is 0.000000238. The fraction of sp³-hybridized carbons (Fsp3) is 0.289. The Kier molecular flexibility index (Phi) is 16.8. The Labute approximate surface area is 331 Å². The Morgan fingerprint density at radius 1 is 0.560 bits per heavy atom. The van der Waals surface area contributed by atoms with E-state index >= 15 is 0 Å². The molecule has 0 unspecified atom stereocenters. The maximum absolute atomic E-state index is 5.26. The molecule has 50 heavy (non-hydrogen) atoms. The van der Waals surface area contributed by atoms with Crippen molar-refractivity contribution in [2.75, 3.05) is 14.2 Å². The maximum atomic E-state index is 5.26. The molecule has 264 valence electrons. The van der Waals surface area contributed by atoms with Crippen molar-refractivity contribution in [2.45, 2.75) is 69.6 Å². The number of hydrogen-bond donors (Lipinski definition) is 0. The molecule has 8 rings (SSSR count). The van der Waals surface area contributed by atoms with Gasteiger partial charge in [-0.25, -0.2) is 0 Å². The van der Waals surface area contributed by atoms with Gasteiger partial charge in [-0.2, -0.15) is 12.1 Å². The van der Waals surface area contributed by atoms with E-state index in [1.807, 2.05) is 24.3 Å². The van der Waals surface area contributed by atoms with E-state index in [4.69, 9.17) is 9.47 Å². The smallest absolute Gasteiger partial charge is 0.118 e. The first kappa shape index (κ1) is 41.6. The first-order valence-electron chi connectivity index (χ1n) is 17.4. The van der Waals surface area contributed by atoms with E-state index in [2.05, 4.69) is 98.8 Å². The molecule has 0 bridgehead atoms. The summed E-state index contributed by atoms with van der Waals surface area (Å²) in [6.07, 6.45) is 11.7. The normalized spacial score (nSPS) is 14.0. The Hall–Kier alpha value is -2.85. The van der Waals surface area contributed by atoms with Crippen LogP contribution in [0.25, 0.3) is 43.8 Å². The third kappa shape index (κ3) is 9.72. The minimum atomic E-state index is 0. The predicted molar refractivity (Wildman–Crippen MR) is 201 cm³/mol. The molecule has 0 aromatic heterocycles. The number of fused-ring (bicyclic) bond motifs is 2. The second-order valence-corrected chi connectivity index (χ2v) is 13.0. The van der Waals surface area contributed by atoms with Crippen molar-refractivity contribution < 1.29 is 60.1 Å². The summed E-state index contributed by atoms with van der Waals surface area (Å²) >= 11 is 0. The largest absolute Gasteiger partial charge is 1.00 e. The van der Waals surface area contributed by atoms with Crippen molar-refractivity contribution >= 4 is 21.5 Å². The molecule has 0 aliphatic heterocycles. The van der Waals surface area contributed by atoms with Gasteiger partial charge in [-0.15, -0.1) is 69.1 Å². The van der Waals surface area contributed by atoms with Crippen molar-refractivity contribution in [3.05, 3.63) is 134 Å². The molecule has 2 nitrogen and oxygen atoms in total. The summed E-state index contributed by atoms with van der Waals surface area (Å²) in [5.41, 5.74) is 8.24. The number of ether oxygens (including phenoxy) is 2. The number of halogens is 2. The first-order chi connectivity index (χ1) is 23.1. The predicted octanol–water partition coefficient (Wildman–Crippen LogP) is 6.83. The van der Waals surface area contributed by atoms with Gasteiger partial charge >= 0.3 is 0 Å². The van der Waals surface area contributed by atoms with Gasteiger partial charge in [0, 0.05) is 25.8 Å². The van der Waals surface area contributed by atoms with Crippen LogP contribution in [0, 0.1) is 13.8 Å². The van der Waals surface area contributed by atoms with Gasteiger partial charge in [-0.3, -0.25) is 0 Å². The molecule has 2 fully saturated rings. The fourth-order valence-electron chi connectivity index (χ4n) is 7.55. The summed E-state index contributed by atoms with van der Waals surface area (Å²) in [6, 6.07) is 39.6. The zero-order valence-corrected chi connectivity index (χ0v) is 34.5. The summed E-state index contributed by atoms with van der Waals surface area (Å²) in [5, 5.41) is 5.51. The Morgan fingerprint density at radius 3 is 1.22 bits per heavy atom. The molecule has 0 spiro atoms. The monoisotopic (exact) mass is 870 g/mol. The Morgan fingerprint density at radius 2 is 0.900 bits per heavy atom. The van der Waals surface area contributed by atoms with E-state index in [0.717, 1.165) is 29.8 Å². The van der Waals surface area contributed by atoms with Gasteiger partial charge in [0.05, 0.1) is 14.2 Å². The van der Waals surface area contributed by atoms with Gasteiger partial charge in [0.15, 0.2) is 0 Å². The van der Waals surface area contributed by atoms with Crippen molar-refractivity contribution in [1.29, 1.82) is 0 Å². The molecule has 0 amide bonds. The van der Waals surface area contributed by atoms with E-state index in [0.29, 0.717) is 0 Å². The second-order valence-electron chi connectivity index (χ2n) is 13.0. The number of methoxy groups -OCH3 is 2. The third-order valence-corrected chi connectivity index (χ3v) is 10.0. The zero-order valence-electron chi connectivity index (χ0n) is 29.4. The molecule has 0 radical (unpaired) electrons. The third-order valence-electron chi connectivity index (χ3n) is 10.0. The van der Waals surface area contributed by atoms with Crippen molar-refractivity contribution in [2.24, 2.45) is 0 Å². The summed E-state index contributed by atoms with van der Waals surface area (Å²) < 4.78 is 10.5.